The van der Waals surface area contributed by atoms with Crippen LogP contribution in [0.25, 0.3) is 0 Å². The lowest BCUT2D eigenvalue weighted by atomic mass is 10.2. The third kappa shape index (κ3) is 4.06. The largest absolute Gasteiger partial charge is 0.307 e. The van der Waals surface area contributed by atoms with Gasteiger partial charge in [0, 0.05) is 15.8 Å². The molecule has 0 saturated heterocycles. The van der Waals surface area contributed by atoms with Gasteiger partial charge in [0.2, 0.25) is 0 Å². The molecule has 0 bridgehead atoms. The van der Waals surface area contributed by atoms with E-state index in [-0.39, 0.29) is 0 Å². The van der Waals surface area contributed by atoms with E-state index in [9.17, 15) is 0 Å². The number of halogens is 3. The molecule has 0 saturated carbocycles. The first-order chi connectivity index (χ1) is 9.58. The van der Waals surface area contributed by atoms with Crippen molar-refractivity contribution in [2.24, 2.45) is 5.73 Å². The molecule has 0 aliphatic rings. The zero-order chi connectivity index (χ0) is 14.5. The van der Waals surface area contributed by atoms with Crippen LogP contribution in [0.3, 0.4) is 0 Å². The Balaban J connectivity index is 2.09. The molecule has 0 radical (unpaired) electrons. The first-order valence-electron chi connectivity index (χ1n) is 5.77. The second-order valence-electron chi connectivity index (χ2n) is 3.96. The average Bonchev–Trinajstić information content (AvgIpc) is 2.41. The lowest BCUT2D eigenvalue weighted by Gasteiger charge is -2.04. The van der Waals surface area contributed by atoms with Crippen molar-refractivity contribution in [3.63, 3.8) is 0 Å². The molecule has 0 unspecified atom stereocenters. The molecule has 0 amide bonds. The van der Waals surface area contributed by atoms with Crippen molar-refractivity contribution >= 4 is 57.4 Å². The molecule has 0 spiro atoms. The Morgan fingerprint density at radius 3 is 2.20 bits per heavy atom. The molecule has 2 aromatic rings. The summed E-state index contributed by atoms with van der Waals surface area (Å²) in [5.74, 6) is 0.585. The highest BCUT2D eigenvalue weighted by Crippen LogP contribution is 2.27. The van der Waals surface area contributed by atoms with Gasteiger partial charge in [-0.15, -0.1) is 0 Å². The smallest absolute Gasteiger partial charge is 0.281 e. The Bertz CT molecular complexity index is 624. The summed E-state index contributed by atoms with van der Waals surface area (Å²) in [7, 11) is 0. The highest BCUT2D eigenvalue weighted by Gasteiger charge is 2.09. The predicted molar refractivity (Wildman–Crippen MR) is 89.0 cm³/mol. The number of benzene rings is 2. The number of nitrogens with one attached hydrogen (secondary N) is 1. The minimum Gasteiger partial charge on any atom is -0.281 e. The quantitative estimate of drug-likeness (QED) is 0.658. The van der Waals surface area contributed by atoms with Gasteiger partial charge in [0.25, 0.3) is 0 Å². The molecule has 3 N–H and O–H groups in total. The van der Waals surface area contributed by atoms with Crippen molar-refractivity contribution in [3.05, 3.63) is 63.1 Å². The van der Waals surface area contributed by atoms with Crippen molar-refractivity contribution in [3.8, 4) is 0 Å². The summed E-state index contributed by atoms with van der Waals surface area (Å²) in [5, 5.41) is 2.42. The van der Waals surface area contributed by atoms with E-state index in [1.165, 1.54) is 11.8 Å². The first-order valence-corrected chi connectivity index (χ1v) is 7.89. The van der Waals surface area contributed by atoms with Gasteiger partial charge in [0.05, 0.1) is 5.02 Å². The second-order valence-corrected chi connectivity index (χ2v) is 6.20. The normalized spacial score (nSPS) is 11.7. The molecule has 2 rings (SSSR count). The molecule has 0 fully saturated rings. The molecule has 0 aromatic heterocycles. The summed E-state index contributed by atoms with van der Waals surface area (Å²) in [5.41, 5.74) is 7.58. The maximum Gasteiger partial charge on any atom is 0.307 e. The summed E-state index contributed by atoms with van der Waals surface area (Å²) in [6.45, 7) is 0. The highest BCUT2D eigenvalue weighted by molar-refractivity contribution is 8.12. The van der Waals surface area contributed by atoms with Crippen LogP contribution in [0.1, 0.15) is 5.56 Å². The summed E-state index contributed by atoms with van der Waals surface area (Å²) >= 11 is 19.7. The monoisotopic (exact) mass is 345 g/mol. The van der Waals surface area contributed by atoms with Crippen molar-refractivity contribution in [2.75, 3.05) is 0 Å². The van der Waals surface area contributed by atoms with E-state index >= 15 is 0 Å². The van der Waals surface area contributed by atoms with Gasteiger partial charge in [-0.2, -0.15) is 0 Å². The Hall–Kier alpha value is -0.870. The molecule has 104 valence electrons. The number of hydrogen-bond donors (Lipinski definition) is 2. The van der Waals surface area contributed by atoms with Crippen LogP contribution in [0.5, 0.6) is 0 Å². The molecule has 20 heavy (non-hydrogen) atoms. The zero-order valence-electron chi connectivity index (χ0n) is 10.4. The van der Waals surface area contributed by atoms with Crippen LogP contribution in [-0.2, 0) is 5.75 Å². The molecule has 6 heteroatoms. The fourth-order valence-corrected chi connectivity index (χ4v) is 3.22. The summed E-state index contributed by atoms with van der Waals surface area (Å²) in [6.07, 6.45) is 0. The molecule has 0 heterocycles. The topological polar surface area (TPSA) is 40.0 Å². The standard InChI is InChI=1S/C14H11Cl3N2S/c15-10-5-3-6-11(16)9(10)8-20-14(18)19-13-7-2-1-4-12(13)17/h1-7H,8H2,(H2,18,19)/p+1. The van der Waals surface area contributed by atoms with Crippen molar-refractivity contribution in [2.45, 2.75) is 5.75 Å². The molecule has 0 atom stereocenters. The second kappa shape index (κ2) is 7.23. The maximum absolute atomic E-state index is 6.11. The lowest BCUT2D eigenvalue weighted by molar-refractivity contribution is -0.350. The number of amidine groups is 1. The van der Waals surface area contributed by atoms with Gasteiger partial charge in [-0.3, -0.25) is 5.73 Å². The third-order valence-electron chi connectivity index (χ3n) is 2.57. The van der Waals surface area contributed by atoms with Gasteiger partial charge in [0.1, 0.15) is 5.69 Å². The average molecular weight is 347 g/mol. The number of hydrogen-bond acceptors (Lipinski definition) is 1. The Morgan fingerprint density at radius 1 is 0.950 bits per heavy atom. The molecule has 0 aliphatic carbocycles. The zero-order valence-corrected chi connectivity index (χ0v) is 13.5. The van der Waals surface area contributed by atoms with Crippen LogP contribution in [0.15, 0.2) is 42.5 Å². The fraction of sp³-hybridized carbons (Fsp3) is 0.0714. The summed E-state index contributed by atoms with van der Waals surface area (Å²) in [4.78, 5) is 3.06. The number of para-hydroxylation sites is 1. The van der Waals surface area contributed by atoms with Crippen LogP contribution < -0.4 is 10.7 Å². The van der Waals surface area contributed by atoms with Gasteiger partial charge in [-0.25, -0.2) is 4.99 Å². The van der Waals surface area contributed by atoms with E-state index in [0.717, 1.165) is 11.3 Å². The Kier molecular flexibility index (Phi) is 5.61. The van der Waals surface area contributed by atoms with Gasteiger partial charge in [0.15, 0.2) is 0 Å². The van der Waals surface area contributed by atoms with Crippen LogP contribution in [-0.4, -0.2) is 5.17 Å². The Labute approximate surface area is 136 Å². The molecular formula is C14H12Cl3N2S+. The SMILES string of the molecule is NC(=[NH+]c1ccccc1Cl)SCc1c(Cl)cccc1Cl. The number of nitrogens with two attached hydrogens (primary N) is 1. The number of rotatable bonds is 3. The summed E-state index contributed by atoms with van der Waals surface area (Å²) < 4.78 is 0. The summed E-state index contributed by atoms with van der Waals surface area (Å²) in [6, 6.07) is 12.8. The Morgan fingerprint density at radius 2 is 1.55 bits per heavy atom. The molecular weight excluding hydrogens is 335 g/mol. The van der Waals surface area contributed by atoms with E-state index in [2.05, 4.69) is 4.99 Å². The molecule has 2 aromatic carbocycles. The molecule has 2 nitrogen and oxygen atoms in total. The van der Waals surface area contributed by atoms with Gasteiger partial charge < -0.3 is 0 Å². The van der Waals surface area contributed by atoms with Crippen molar-refractivity contribution in [1.82, 2.24) is 0 Å². The molecule has 0 aliphatic heterocycles. The lowest BCUT2D eigenvalue weighted by Crippen LogP contribution is -2.68. The van der Waals surface area contributed by atoms with Crippen LogP contribution in [0.2, 0.25) is 15.1 Å². The van der Waals surface area contributed by atoms with Gasteiger partial charge in [-0.1, -0.05) is 53.0 Å². The minimum atomic E-state index is 0.536. The van der Waals surface area contributed by atoms with Crippen molar-refractivity contribution < 1.29 is 4.99 Å². The van der Waals surface area contributed by atoms with E-state index in [1.54, 1.807) is 18.2 Å². The first kappa shape index (κ1) is 15.5. The van der Waals surface area contributed by atoms with E-state index in [1.807, 2.05) is 24.3 Å². The highest BCUT2D eigenvalue weighted by atomic mass is 35.5. The van der Waals surface area contributed by atoms with E-state index in [0.29, 0.717) is 26.0 Å². The third-order valence-corrected chi connectivity index (χ3v) is 4.45. The van der Waals surface area contributed by atoms with Crippen LogP contribution in [0, 0.1) is 0 Å². The maximum atomic E-state index is 6.11. The van der Waals surface area contributed by atoms with E-state index < -0.39 is 0 Å². The number of thioether (sulfide) groups is 1. The van der Waals surface area contributed by atoms with Crippen LogP contribution in [0.4, 0.5) is 5.69 Å². The predicted octanol–water partition coefficient (Wildman–Crippen LogP) is 3.61. The van der Waals surface area contributed by atoms with Gasteiger partial charge in [-0.05, 0) is 41.6 Å². The van der Waals surface area contributed by atoms with Gasteiger partial charge >= 0.3 is 5.17 Å². The van der Waals surface area contributed by atoms with Crippen molar-refractivity contribution in [1.29, 1.82) is 0 Å². The fourth-order valence-electron chi connectivity index (χ4n) is 1.55. The van der Waals surface area contributed by atoms with Crippen LogP contribution >= 0.6 is 46.6 Å². The minimum absolute atomic E-state index is 0.536. The van der Waals surface area contributed by atoms with E-state index in [4.69, 9.17) is 40.5 Å².